The molecule has 0 aromatic heterocycles. The minimum absolute atomic E-state index is 0.187. The molecule has 1 aliphatic rings. The highest BCUT2D eigenvalue weighted by molar-refractivity contribution is 5.83. The molecule has 2 rings (SSSR count). The third kappa shape index (κ3) is 4.61. The molecule has 0 aliphatic carbocycles. The minimum atomic E-state index is -1.01. The third-order valence-electron chi connectivity index (χ3n) is 3.98. The molecule has 7 nitrogen and oxygen atoms in total. The Hall–Kier alpha value is -2.28. The van der Waals surface area contributed by atoms with Gasteiger partial charge < -0.3 is 24.4 Å². The lowest BCUT2D eigenvalue weighted by atomic mass is 9.95. The number of carboxylic acids is 1. The Balaban J connectivity index is 2.10. The summed E-state index contributed by atoms with van der Waals surface area (Å²) in [6.45, 7) is 0.945. The van der Waals surface area contributed by atoms with Crippen LogP contribution < -0.4 is 9.47 Å². The molecule has 1 amide bonds. The summed E-state index contributed by atoms with van der Waals surface area (Å²) in [5.41, 5.74) is 0.904. The number of hydrogen-bond donors (Lipinski definition) is 1. The number of nitrogens with zero attached hydrogens (tertiary/aromatic N) is 2. The van der Waals surface area contributed by atoms with E-state index >= 15 is 0 Å². The van der Waals surface area contributed by atoms with Crippen molar-refractivity contribution in [2.75, 3.05) is 47.4 Å². The summed E-state index contributed by atoms with van der Waals surface area (Å²) in [7, 11) is 5.36. The highest BCUT2D eigenvalue weighted by Gasteiger charge is 2.30. The van der Waals surface area contributed by atoms with Crippen LogP contribution in [0.1, 0.15) is 5.56 Å². The summed E-state index contributed by atoms with van der Waals surface area (Å²) in [6, 6.07) is 5.50. The molecular weight excluding hydrogens is 312 g/mol. The zero-order chi connectivity index (χ0) is 17.7. The van der Waals surface area contributed by atoms with Crippen LogP contribution in [0.3, 0.4) is 0 Å². The van der Waals surface area contributed by atoms with E-state index in [0.29, 0.717) is 25.3 Å². The van der Waals surface area contributed by atoms with Crippen LogP contribution in [0.4, 0.5) is 0 Å². The molecule has 0 bridgehead atoms. The standard InChI is InChI=1S/C17H24N2O5/c1-18(2)6-7-19(10-16(20)21)17(22)13-8-12-9-14(23-3)4-5-15(12)24-11-13/h4-5,9,13H,6-8,10-11H2,1-3H3,(H,20,21)/t13-/m1/s1. The van der Waals surface area contributed by atoms with Gasteiger partial charge in [-0.05, 0) is 44.3 Å². The molecule has 1 aromatic carbocycles. The van der Waals surface area contributed by atoms with E-state index in [-0.39, 0.29) is 25.0 Å². The number of carboxylic acid groups (broad SMARTS) is 1. The van der Waals surface area contributed by atoms with Crippen molar-refractivity contribution >= 4 is 11.9 Å². The first-order valence-corrected chi connectivity index (χ1v) is 7.85. The molecule has 0 spiro atoms. The maximum atomic E-state index is 12.7. The number of fused-ring (bicyclic) bond motifs is 1. The number of likely N-dealkylation sites (N-methyl/N-ethyl adjacent to an activating group) is 1. The molecule has 1 aliphatic heterocycles. The Kier molecular flexibility index (Phi) is 6.03. The number of rotatable bonds is 7. The molecule has 0 radical (unpaired) electrons. The Labute approximate surface area is 141 Å². The van der Waals surface area contributed by atoms with Crippen LogP contribution in [0.15, 0.2) is 18.2 Å². The lowest BCUT2D eigenvalue weighted by molar-refractivity contribution is -0.147. The van der Waals surface area contributed by atoms with Gasteiger partial charge in [0.2, 0.25) is 5.91 Å². The predicted molar refractivity (Wildman–Crippen MR) is 88.5 cm³/mol. The first-order chi connectivity index (χ1) is 11.4. The molecule has 1 atom stereocenters. The predicted octanol–water partition coefficient (Wildman–Crippen LogP) is 0.721. The number of carbonyl (C=O) groups excluding carboxylic acids is 1. The Morgan fingerprint density at radius 3 is 2.71 bits per heavy atom. The summed E-state index contributed by atoms with van der Waals surface area (Å²) in [6.07, 6.45) is 0.517. The van der Waals surface area contributed by atoms with E-state index in [1.807, 2.05) is 37.2 Å². The molecule has 0 saturated heterocycles. The van der Waals surface area contributed by atoms with Gasteiger partial charge in [-0.15, -0.1) is 0 Å². The number of methoxy groups -OCH3 is 1. The van der Waals surface area contributed by atoms with Gasteiger partial charge in [0.25, 0.3) is 0 Å². The molecule has 1 N–H and O–H groups in total. The van der Waals surface area contributed by atoms with Gasteiger partial charge in [-0.3, -0.25) is 9.59 Å². The molecule has 0 saturated carbocycles. The number of hydrogen-bond acceptors (Lipinski definition) is 5. The highest BCUT2D eigenvalue weighted by Crippen LogP contribution is 2.31. The maximum Gasteiger partial charge on any atom is 0.323 e. The summed E-state index contributed by atoms with van der Waals surface area (Å²) < 4.78 is 10.9. The van der Waals surface area contributed by atoms with Crippen LogP contribution in [0.25, 0.3) is 0 Å². The van der Waals surface area contributed by atoms with E-state index in [1.54, 1.807) is 7.11 Å². The second-order valence-electron chi connectivity index (χ2n) is 6.14. The normalized spacial score (nSPS) is 16.2. The van der Waals surface area contributed by atoms with Crippen molar-refractivity contribution in [2.24, 2.45) is 5.92 Å². The van der Waals surface area contributed by atoms with Gasteiger partial charge in [-0.2, -0.15) is 0 Å². The second-order valence-corrected chi connectivity index (χ2v) is 6.14. The number of ether oxygens (including phenoxy) is 2. The fraction of sp³-hybridized carbons (Fsp3) is 0.529. The van der Waals surface area contributed by atoms with Crippen molar-refractivity contribution in [3.63, 3.8) is 0 Å². The smallest absolute Gasteiger partial charge is 0.323 e. The minimum Gasteiger partial charge on any atom is -0.497 e. The van der Waals surface area contributed by atoms with Gasteiger partial charge in [0, 0.05) is 13.1 Å². The van der Waals surface area contributed by atoms with Gasteiger partial charge >= 0.3 is 5.97 Å². The summed E-state index contributed by atoms with van der Waals surface area (Å²) in [4.78, 5) is 27.1. The fourth-order valence-corrected chi connectivity index (χ4v) is 2.67. The van der Waals surface area contributed by atoms with E-state index < -0.39 is 5.97 Å². The van der Waals surface area contributed by atoms with E-state index in [4.69, 9.17) is 14.6 Å². The Bertz CT molecular complexity index is 603. The number of amides is 1. The van der Waals surface area contributed by atoms with Gasteiger partial charge in [0.15, 0.2) is 0 Å². The van der Waals surface area contributed by atoms with Crippen LogP contribution in [-0.4, -0.2) is 74.2 Å². The monoisotopic (exact) mass is 336 g/mol. The quantitative estimate of drug-likeness (QED) is 0.790. The zero-order valence-corrected chi connectivity index (χ0v) is 14.3. The molecule has 1 heterocycles. The average molecular weight is 336 g/mol. The maximum absolute atomic E-state index is 12.7. The van der Waals surface area contributed by atoms with Crippen LogP contribution in [0, 0.1) is 5.92 Å². The number of aliphatic carboxylic acids is 1. The van der Waals surface area contributed by atoms with Gasteiger partial charge in [-0.1, -0.05) is 0 Å². The number of carbonyl (C=O) groups is 2. The second kappa shape index (κ2) is 8.01. The molecule has 24 heavy (non-hydrogen) atoms. The molecule has 7 heteroatoms. The van der Waals surface area contributed by atoms with E-state index in [1.165, 1.54) is 4.90 Å². The lowest BCUT2D eigenvalue weighted by Crippen LogP contribution is -2.45. The SMILES string of the molecule is COc1ccc2c(c1)C[C@@H](C(=O)N(CCN(C)C)CC(=O)O)CO2. The summed E-state index contributed by atoms with van der Waals surface area (Å²) in [5, 5.41) is 9.07. The van der Waals surface area contributed by atoms with Crippen LogP contribution >= 0.6 is 0 Å². The van der Waals surface area contributed by atoms with Crippen molar-refractivity contribution < 1.29 is 24.2 Å². The lowest BCUT2D eigenvalue weighted by Gasteiger charge is -2.30. The van der Waals surface area contributed by atoms with Gasteiger partial charge in [0.05, 0.1) is 13.0 Å². The third-order valence-corrected chi connectivity index (χ3v) is 3.98. The molecule has 0 fully saturated rings. The van der Waals surface area contributed by atoms with Crippen molar-refractivity contribution in [2.45, 2.75) is 6.42 Å². The van der Waals surface area contributed by atoms with Gasteiger partial charge in [0.1, 0.15) is 24.7 Å². The summed E-state index contributed by atoms with van der Waals surface area (Å²) in [5.74, 6) is -0.127. The van der Waals surface area contributed by atoms with Crippen molar-refractivity contribution in [3.8, 4) is 11.5 Å². The van der Waals surface area contributed by atoms with Gasteiger partial charge in [-0.25, -0.2) is 0 Å². The Morgan fingerprint density at radius 1 is 1.33 bits per heavy atom. The molecule has 1 aromatic rings. The van der Waals surface area contributed by atoms with Crippen LogP contribution in [0.5, 0.6) is 11.5 Å². The van der Waals surface area contributed by atoms with E-state index in [2.05, 4.69) is 0 Å². The first-order valence-electron chi connectivity index (χ1n) is 7.85. The van der Waals surface area contributed by atoms with Crippen LogP contribution in [-0.2, 0) is 16.0 Å². The first kappa shape index (κ1) is 18.1. The fourth-order valence-electron chi connectivity index (χ4n) is 2.67. The molecule has 132 valence electrons. The molecular formula is C17H24N2O5. The van der Waals surface area contributed by atoms with E-state index in [0.717, 1.165) is 11.3 Å². The Morgan fingerprint density at radius 2 is 2.08 bits per heavy atom. The average Bonchev–Trinajstić information content (AvgIpc) is 2.56. The summed E-state index contributed by atoms with van der Waals surface area (Å²) >= 11 is 0. The van der Waals surface area contributed by atoms with Crippen LogP contribution in [0.2, 0.25) is 0 Å². The van der Waals surface area contributed by atoms with Crippen molar-refractivity contribution in [1.82, 2.24) is 9.80 Å². The topological polar surface area (TPSA) is 79.3 Å². The number of benzene rings is 1. The van der Waals surface area contributed by atoms with Crippen molar-refractivity contribution in [1.29, 1.82) is 0 Å². The largest absolute Gasteiger partial charge is 0.497 e. The van der Waals surface area contributed by atoms with E-state index in [9.17, 15) is 9.59 Å². The zero-order valence-electron chi connectivity index (χ0n) is 14.3. The highest BCUT2D eigenvalue weighted by atomic mass is 16.5. The molecule has 0 unspecified atom stereocenters. The van der Waals surface area contributed by atoms with Crippen molar-refractivity contribution in [3.05, 3.63) is 23.8 Å².